The Kier molecular flexibility index (Phi) is 5.13. The number of carbonyl (C=O) groups is 2. The van der Waals surface area contributed by atoms with E-state index < -0.39 is 17.9 Å². The van der Waals surface area contributed by atoms with E-state index in [1.165, 1.54) is 0 Å². The van der Waals surface area contributed by atoms with E-state index in [9.17, 15) is 9.59 Å². The Morgan fingerprint density at radius 3 is 2.79 bits per heavy atom. The van der Waals surface area contributed by atoms with Crippen LogP contribution in [0.25, 0.3) is 0 Å². The van der Waals surface area contributed by atoms with Gasteiger partial charge in [0.25, 0.3) is 0 Å². The summed E-state index contributed by atoms with van der Waals surface area (Å²) in [5, 5.41) is 11.6. The Morgan fingerprint density at radius 2 is 2.08 bits per heavy atom. The van der Waals surface area contributed by atoms with Crippen LogP contribution < -0.4 is 11.1 Å². The number of nitrogens with one attached hydrogen (secondary N) is 1. The molecule has 2 aliphatic heterocycles. The van der Waals surface area contributed by atoms with Crippen LogP contribution in [0.15, 0.2) is 30.3 Å². The van der Waals surface area contributed by atoms with Crippen molar-refractivity contribution in [1.29, 1.82) is 0 Å². The zero-order chi connectivity index (χ0) is 17.1. The molecule has 0 unspecified atom stereocenters. The standard InChI is InChI=1S/C17H23N3O4/c18-14(7-16(21)22)17(23)19-12-6-13-10-24-15(9-20(13)8-12)11-4-2-1-3-5-11/h1-5,12-15H,6-10,18H2,(H,19,23)(H,21,22)/t12-,13-,14-,15+/m0/s1. The Labute approximate surface area is 140 Å². The molecule has 0 aliphatic carbocycles. The van der Waals surface area contributed by atoms with Gasteiger partial charge in [-0.2, -0.15) is 0 Å². The Morgan fingerprint density at radius 1 is 1.33 bits per heavy atom. The summed E-state index contributed by atoms with van der Waals surface area (Å²) in [6.45, 7) is 2.16. The summed E-state index contributed by atoms with van der Waals surface area (Å²) in [5.74, 6) is -1.47. The van der Waals surface area contributed by atoms with Crippen LogP contribution in [0.4, 0.5) is 0 Å². The number of rotatable bonds is 5. The lowest BCUT2D eigenvalue weighted by Gasteiger charge is -2.35. The van der Waals surface area contributed by atoms with Crippen LogP contribution in [-0.2, 0) is 14.3 Å². The number of nitrogens with two attached hydrogens (primary N) is 1. The fourth-order valence-corrected chi connectivity index (χ4v) is 3.44. The largest absolute Gasteiger partial charge is 0.481 e. The molecule has 3 rings (SSSR count). The predicted molar refractivity (Wildman–Crippen MR) is 87.3 cm³/mol. The summed E-state index contributed by atoms with van der Waals surface area (Å²) in [6, 6.07) is 9.37. The molecular weight excluding hydrogens is 310 g/mol. The van der Waals surface area contributed by atoms with Crippen LogP contribution in [0.2, 0.25) is 0 Å². The van der Waals surface area contributed by atoms with E-state index >= 15 is 0 Å². The van der Waals surface area contributed by atoms with Crippen molar-refractivity contribution in [2.75, 3.05) is 19.7 Å². The zero-order valence-corrected chi connectivity index (χ0v) is 13.4. The SMILES string of the molecule is N[C@@H](CC(=O)O)C(=O)N[C@H]1C[C@H]2CO[C@@H](c3ccccc3)CN2C1. The molecule has 2 heterocycles. The Hall–Kier alpha value is -1.96. The van der Waals surface area contributed by atoms with Crippen molar-refractivity contribution >= 4 is 11.9 Å². The highest BCUT2D eigenvalue weighted by Crippen LogP contribution is 2.30. The molecule has 7 heteroatoms. The number of carbonyl (C=O) groups excluding carboxylic acids is 1. The highest BCUT2D eigenvalue weighted by molar-refractivity contribution is 5.86. The van der Waals surface area contributed by atoms with Crippen LogP contribution in [-0.4, -0.2) is 59.7 Å². The van der Waals surface area contributed by atoms with Crippen molar-refractivity contribution in [2.45, 2.75) is 37.1 Å². The number of ether oxygens (including phenoxy) is 1. The van der Waals surface area contributed by atoms with E-state index in [1.807, 2.05) is 18.2 Å². The van der Waals surface area contributed by atoms with E-state index in [0.29, 0.717) is 6.61 Å². The van der Waals surface area contributed by atoms with Crippen molar-refractivity contribution in [2.24, 2.45) is 5.73 Å². The quantitative estimate of drug-likeness (QED) is 0.707. The van der Waals surface area contributed by atoms with Gasteiger partial charge in [0.15, 0.2) is 0 Å². The van der Waals surface area contributed by atoms with Crippen molar-refractivity contribution in [3.8, 4) is 0 Å². The van der Waals surface area contributed by atoms with Crippen LogP contribution in [0.5, 0.6) is 0 Å². The number of aliphatic carboxylic acids is 1. The van der Waals surface area contributed by atoms with Gasteiger partial charge >= 0.3 is 5.97 Å². The first-order valence-electron chi connectivity index (χ1n) is 8.21. The zero-order valence-electron chi connectivity index (χ0n) is 13.4. The fraction of sp³-hybridized carbons (Fsp3) is 0.529. The van der Waals surface area contributed by atoms with Gasteiger partial charge < -0.3 is 20.9 Å². The first-order valence-corrected chi connectivity index (χ1v) is 8.21. The molecular formula is C17H23N3O4. The van der Waals surface area contributed by atoms with E-state index in [1.54, 1.807) is 0 Å². The average Bonchev–Trinajstić information content (AvgIpc) is 2.96. The number of nitrogens with zero attached hydrogens (tertiary/aromatic N) is 1. The molecule has 130 valence electrons. The molecule has 4 N–H and O–H groups in total. The van der Waals surface area contributed by atoms with Crippen LogP contribution in [0, 0.1) is 0 Å². The van der Waals surface area contributed by atoms with Gasteiger partial charge in [-0.15, -0.1) is 0 Å². The monoisotopic (exact) mass is 333 g/mol. The lowest BCUT2D eigenvalue weighted by molar-refractivity contribution is -0.139. The van der Waals surface area contributed by atoms with E-state index in [-0.39, 0.29) is 24.6 Å². The average molecular weight is 333 g/mol. The lowest BCUT2D eigenvalue weighted by atomic mass is 10.1. The minimum Gasteiger partial charge on any atom is -0.481 e. The number of fused-ring (bicyclic) bond motifs is 1. The molecule has 2 aliphatic rings. The predicted octanol–water partition coefficient (Wildman–Crippen LogP) is 0.119. The summed E-state index contributed by atoms with van der Waals surface area (Å²) in [5.41, 5.74) is 6.77. The molecule has 2 saturated heterocycles. The van der Waals surface area contributed by atoms with Gasteiger partial charge in [-0.1, -0.05) is 30.3 Å². The Bertz CT molecular complexity index is 595. The van der Waals surface area contributed by atoms with Gasteiger partial charge in [0.1, 0.15) is 0 Å². The van der Waals surface area contributed by atoms with Gasteiger partial charge in [0.2, 0.25) is 5.91 Å². The molecule has 1 aromatic rings. The van der Waals surface area contributed by atoms with E-state index in [2.05, 4.69) is 22.3 Å². The summed E-state index contributed by atoms with van der Waals surface area (Å²) in [7, 11) is 0. The molecule has 0 spiro atoms. The molecule has 0 aromatic heterocycles. The first kappa shape index (κ1) is 16.9. The third-order valence-corrected chi connectivity index (χ3v) is 4.67. The molecule has 0 saturated carbocycles. The number of benzene rings is 1. The van der Waals surface area contributed by atoms with Gasteiger partial charge in [-0.3, -0.25) is 14.5 Å². The molecule has 7 nitrogen and oxygen atoms in total. The molecule has 0 radical (unpaired) electrons. The molecule has 1 aromatic carbocycles. The summed E-state index contributed by atoms with van der Waals surface area (Å²) >= 11 is 0. The third kappa shape index (κ3) is 3.92. The molecule has 4 atom stereocenters. The van der Waals surface area contributed by atoms with E-state index in [0.717, 1.165) is 25.1 Å². The maximum Gasteiger partial charge on any atom is 0.305 e. The topological polar surface area (TPSA) is 105 Å². The number of hydrogen-bond donors (Lipinski definition) is 3. The van der Waals surface area contributed by atoms with Crippen molar-refractivity contribution in [3.05, 3.63) is 35.9 Å². The van der Waals surface area contributed by atoms with Crippen LogP contribution in [0.1, 0.15) is 24.5 Å². The second-order valence-electron chi connectivity index (χ2n) is 6.49. The van der Waals surface area contributed by atoms with Gasteiger partial charge in [-0.25, -0.2) is 0 Å². The minimum atomic E-state index is -1.07. The van der Waals surface area contributed by atoms with Crippen LogP contribution >= 0.6 is 0 Å². The summed E-state index contributed by atoms with van der Waals surface area (Å²) in [4.78, 5) is 24.9. The minimum absolute atomic E-state index is 0.0135. The molecule has 24 heavy (non-hydrogen) atoms. The highest BCUT2D eigenvalue weighted by atomic mass is 16.5. The maximum atomic E-state index is 12.0. The second-order valence-corrected chi connectivity index (χ2v) is 6.49. The number of amides is 1. The Balaban J connectivity index is 1.53. The summed E-state index contributed by atoms with van der Waals surface area (Å²) in [6.07, 6.45) is 0.490. The van der Waals surface area contributed by atoms with Gasteiger partial charge in [0.05, 0.1) is 25.2 Å². The smallest absolute Gasteiger partial charge is 0.305 e. The first-order chi connectivity index (χ1) is 11.5. The van der Waals surface area contributed by atoms with Crippen molar-refractivity contribution < 1.29 is 19.4 Å². The molecule has 0 bridgehead atoms. The number of carboxylic acids is 1. The van der Waals surface area contributed by atoms with Gasteiger partial charge in [-0.05, 0) is 12.0 Å². The van der Waals surface area contributed by atoms with Crippen LogP contribution in [0.3, 0.4) is 0 Å². The molecule has 2 fully saturated rings. The lowest BCUT2D eigenvalue weighted by Crippen LogP contribution is -2.47. The number of carboxylic acid groups (broad SMARTS) is 1. The normalized spacial score (nSPS) is 28.1. The van der Waals surface area contributed by atoms with E-state index in [4.69, 9.17) is 15.6 Å². The maximum absolute atomic E-state index is 12.0. The van der Waals surface area contributed by atoms with Crippen molar-refractivity contribution in [1.82, 2.24) is 10.2 Å². The third-order valence-electron chi connectivity index (χ3n) is 4.67. The number of hydrogen-bond acceptors (Lipinski definition) is 5. The van der Waals surface area contributed by atoms with Crippen molar-refractivity contribution in [3.63, 3.8) is 0 Å². The fourth-order valence-electron chi connectivity index (χ4n) is 3.44. The summed E-state index contributed by atoms with van der Waals surface area (Å²) < 4.78 is 5.97. The second kappa shape index (κ2) is 7.29. The van der Waals surface area contributed by atoms with Gasteiger partial charge in [0, 0.05) is 25.2 Å². The molecule has 1 amide bonds. The highest BCUT2D eigenvalue weighted by Gasteiger charge is 2.38. The number of morpholine rings is 1.